The summed E-state index contributed by atoms with van der Waals surface area (Å²) in [5.74, 6) is 1.69. The van der Waals surface area contributed by atoms with Gasteiger partial charge in [-0.05, 0) is 24.8 Å². The minimum Gasteiger partial charge on any atom is -0.347 e. The summed E-state index contributed by atoms with van der Waals surface area (Å²) in [6.45, 7) is 4.77. The first-order valence-corrected chi connectivity index (χ1v) is 11.5. The maximum absolute atomic E-state index is 6.23. The number of nitrogens with zero attached hydrogens (tertiary/aromatic N) is 5. The SMILES string of the molecule is CCC(Nc1nc(N2CC(N)CC(N)C2)nc(N2CC(N)CC(N)C2)n1)c1ccccc1. The van der Waals surface area contributed by atoms with Crippen LogP contribution in [0.15, 0.2) is 30.3 Å². The van der Waals surface area contributed by atoms with Crippen LogP contribution < -0.4 is 38.1 Å². The van der Waals surface area contributed by atoms with E-state index in [9.17, 15) is 0 Å². The summed E-state index contributed by atoms with van der Waals surface area (Å²) in [7, 11) is 0. The number of hydrogen-bond acceptors (Lipinski definition) is 10. The van der Waals surface area contributed by atoms with Gasteiger partial charge in [0.05, 0.1) is 6.04 Å². The first kappa shape index (κ1) is 22.7. The average Bonchev–Trinajstić information content (AvgIpc) is 2.76. The van der Waals surface area contributed by atoms with Crippen molar-refractivity contribution >= 4 is 17.8 Å². The highest BCUT2D eigenvalue weighted by Gasteiger charge is 2.29. The topological polar surface area (TPSA) is 161 Å². The van der Waals surface area contributed by atoms with Crippen LogP contribution in [0, 0.1) is 0 Å². The van der Waals surface area contributed by atoms with Gasteiger partial charge in [0.15, 0.2) is 0 Å². The third-order valence-corrected chi connectivity index (χ3v) is 6.12. The highest BCUT2D eigenvalue weighted by molar-refractivity contribution is 5.47. The Kier molecular flexibility index (Phi) is 7.04. The summed E-state index contributed by atoms with van der Waals surface area (Å²) < 4.78 is 0. The average molecular weight is 441 g/mol. The Labute approximate surface area is 189 Å². The predicted molar refractivity (Wildman–Crippen MR) is 128 cm³/mol. The molecule has 32 heavy (non-hydrogen) atoms. The zero-order valence-corrected chi connectivity index (χ0v) is 18.8. The van der Waals surface area contributed by atoms with Gasteiger partial charge in [-0.3, -0.25) is 0 Å². The van der Waals surface area contributed by atoms with Crippen molar-refractivity contribution in [2.75, 3.05) is 41.3 Å². The van der Waals surface area contributed by atoms with Crippen LogP contribution in [-0.2, 0) is 0 Å². The normalized spacial score (nSPS) is 27.3. The minimum atomic E-state index is -0.0140. The van der Waals surface area contributed by atoms with Crippen LogP contribution in [0.3, 0.4) is 0 Å². The maximum Gasteiger partial charge on any atom is 0.232 e. The summed E-state index contributed by atoms with van der Waals surface area (Å²) in [5.41, 5.74) is 26.1. The summed E-state index contributed by atoms with van der Waals surface area (Å²) in [6.07, 6.45) is 2.47. The summed E-state index contributed by atoms with van der Waals surface area (Å²) >= 11 is 0. The van der Waals surface area contributed by atoms with Gasteiger partial charge in [-0.1, -0.05) is 37.3 Å². The number of hydrogen-bond donors (Lipinski definition) is 5. The fraction of sp³-hybridized carbons (Fsp3) is 0.591. The third-order valence-electron chi connectivity index (χ3n) is 6.12. The fourth-order valence-corrected chi connectivity index (χ4v) is 4.65. The molecule has 0 amide bonds. The molecule has 5 atom stereocenters. The lowest BCUT2D eigenvalue weighted by atomic mass is 10.0. The van der Waals surface area contributed by atoms with Crippen LogP contribution >= 0.6 is 0 Å². The molecule has 0 radical (unpaired) electrons. The molecule has 2 saturated heterocycles. The molecule has 10 heteroatoms. The Morgan fingerprint density at radius 2 is 1.28 bits per heavy atom. The third kappa shape index (κ3) is 5.44. The van der Waals surface area contributed by atoms with Crippen molar-refractivity contribution in [1.29, 1.82) is 0 Å². The molecule has 1 aromatic carbocycles. The van der Waals surface area contributed by atoms with Crippen molar-refractivity contribution < 1.29 is 0 Å². The van der Waals surface area contributed by atoms with Gasteiger partial charge in [-0.2, -0.15) is 15.0 Å². The molecular formula is C22H36N10. The van der Waals surface area contributed by atoms with E-state index in [1.807, 2.05) is 18.2 Å². The van der Waals surface area contributed by atoms with Crippen molar-refractivity contribution in [3.63, 3.8) is 0 Å². The lowest BCUT2D eigenvalue weighted by Gasteiger charge is -2.37. The van der Waals surface area contributed by atoms with Gasteiger partial charge >= 0.3 is 0 Å². The van der Waals surface area contributed by atoms with Gasteiger partial charge in [0.2, 0.25) is 17.8 Å². The zero-order valence-electron chi connectivity index (χ0n) is 18.8. The van der Waals surface area contributed by atoms with Gasteiger partial charge in [0.1, 0.15) is 0 Å². The smallest absolute Gasteiger partial charge is 0.232 e. The molecule has 2 aromatic rings. The molecule has 1 aromatic heterocycles. The maximum atomic E-state index is 6.23. The van der Waals surface area contributed by atoms with Crippen LogP contribution in [0.1, 0.15) is 37.8 Å². The van der Waals surface area contributed by atoms with Crippen LogP contribution in [0.4, 0.5) is 17.8 Å². The molecule has 0 spiro atoms. The molecule has 0 bridgehead atoms. The largest absolute Gasteiger partial charge is 0.347 e. The quantitative estimate of drug-likeness (QED) is 0.418. The Balaban J connectivity index is 1.66. The van der Waals surface area contributed by atoms with E-state index in [0.717, 1.165) is 19.3 Å². The molecule has 3 heterocycles. The van der Waals surface area contributed by atoms with E-state index in [0.29, 0.717) is 44.0 Å². The molecular weight excluding hydrogens is 404 g/mol. The second-order valence-electron chi connectivity index (χ2n) is 9.10. The lowest BCUT2D eigenvalue weighted by molar-refractivity contribution is 0.441. The van der Waals surface area contributed by atoms with Gasteiger partial charge in [0.25, 0.3) is 0 Å². The molecule has 0 aliphatic carbocycles. The van der Waals surface area contributed by atoms with Crippen molar-refractivity contribution in [3.8, 4) is 0 Å². The van der Waals surface area contributed by atoms with E-state index in [4.69, 9.17) is 37.9 Å². The van der Waals surface area contributed by atoms with Gasteiger partial charge in [-0.15, -0.1) is 0 Å². The van der Waals surface area contributed by atoms with E-state index in [2.05, 4.69) is 34.2 Å². The van der Waals surface area contributed by atoms with Crippen LogP contribution in [0.5, 0.6) is 0 Å². The Morgan fingerprint density at radius 3 is 1.72 bits per heavy atom. The molecule has 0 saturated carbocycles. The van der Waals surface area contributed by atoms with E-state index in [1.165, 1.54) is 5.56 Å². The molecule has 174 valence electrons. The Morgan fingerprint density at radius 1 is 0.812 bits per heavy atom. The number of nitrogens with two attached hydrogens (primary N) is 4. The van der Waals surface area contributed by atoms with E-state index in [1.54, 1.807) is 0 Å². The van der Waals surface area contributed by atoms with Gasteiger partial charge in [0, 0.05) is 50.3 Å². The Bertz CT molecular complexity index is 814. The van der Waals surface area contributed by atoms with Gasteiger partial charge < -0.3 is 38.1 Å². The monoisotopic (exact) mass is 440 g/mol. The van der Waals surface area contributed by atoms with Gasteiger partial charge in [-0.25, -0.2) is 0 Å². The number of aromatic nitrogens is 3. The van der Waals surface area contributed by atoms with Crippen LogP contribution in [-0.4, -0.2) is 65.3 Å². The van der Waals surface area contributed by atoms with Crippen molar-refractivity contribution in [1.82, 2.24) is 15.0 Å². The van der Waals surface area contributed by atoms with E-state index in [-0.39, 0.29) is 30.2 Å². The van der Waals surface area contributed by atoms with Crippen molar-refractivity contribution in [2.45, 2.75) is 56.4 Å². The molecule has 2 aliphatic heterocycles. The summed E-state index contributed by atoms with van der Waals surface area (Å²) in [4.78, 5) is 18.4. The second kappa shape index (κ2) is 9.95. The number of rotatable bonds is 6. The molecule has 2 fully saturated rings. The number of anilines is 3. The number of benzene rings is 1. The van der Waals surface area contributed by atoms with Crippen molar-refractivity contribution in [3.05, 3.63) is 35.9 Å². The predicted octanol–water partition coefficient (Wildman–Crippen LogP) is 0.164. The van der Waals surface area contributed by atoms with Crippen LogP contribution in [0.2, 0.25) is 0 Å². The summed E-state index contributed by atoms with van der Waals surface area (Å²) in [6, 6.07) is 10.3. The van der Waals surface area contributed by atoms with E-state index >= 15 is 0 Å². The van der Waals surface area contributed by atoms with Crippen LogP contribution in [0.25, 0.3) is 0 Å². The molecule has 2 aliphatic rings. The van der Waals surface area contributed by atoms with E-state index < -0.39 is 0 Å². The first-order chi connectivity index (χ1) is 15.4. The molecule has 5 unspecified atom stereocenters. The zero-order chi connectivity index (χ0) is 22.7. The minimum absolute atomic E-state index is 0.0140. The molecule has 9 N–H and O–H groups in total. The van der Waals surface area contributed by atoms with Crippen molar-refractivity contribution in [2.24, 2.45) is 22.9 Å². The number of nitrogens with one attached hydrogen (secondary N) is 1. The first-order valence-electron chi connectivity index (χ1n) is 11.5. The molecule has 4 rings (SSSR count). The fourth-order valence-electron chi connectivity index (χ4n) is 4.65. The second-order valence-corrected chi connectivity index (χ2v) is 9.10. The highest BCUT2D eigenvalue weighted by atomic mass is 15.4. The Hall–Kier alpha value is -2.53. The lowest BCUT2D eigenvalue weighted by Crippen LogP contribution is -2.54. The standard InChI is InChI=1S/C22H36N10/c1-2-19(14-6-4-3-5-7-14)27-20-28-21(31-10-15(23)8-16(24)11-31)30-22(29-20)32-12-17(25)9-18(26)13-32/h3-7,15-19H,2,8-13,23-26H2,1H3,(H,27,28,29,30). The summed E-state index contributed by atoms with van der Waals surface area (Å²) in [5, 5.41) is 3.51. The number of piperidine rings is 2. The molecule has 10 nitrogen and oxygen atoms in total. The highest BCUT2D eigenvalue weighted by Crippen LogP contribution is 2.25.